The van der Waals surface area contributed by atoms with Crippen LogP contribution in [0.5, 0.6) is 11.5 Å². The van der Waals surface area contributed by atoms with Gasteiger partial charge in [-0.15, -0.1) is 0 Å². The molecule has 0 aliphatic carbocycles. The van der Waals surface area contributed by atoms with Gasteiger partial charge in [0.25, 0.3) is 0 Å². The van der Waals surface area contributed by atoms with Crippen LogP contribution in [0.3, 0.4) is 0 Å². The van der Waals surface area contributed by atoms with E-state index >= 15 is 0 Å². The van der Waals surface area contributed by atoms with Gasteiger partial charge in [0.2, 0.25) is 0 Å². The zero-order valence-corrected chi connectivity index (χ0v) is 14.7. The normalized spacial score (nSPS) is 18.3. The van der Waals surface area contributed by atoms with Crippen molar-refractivity contribution < 1.29 is 9.84 Å². The summed E-state index contributed by atoms with van der Waals surface area (Å²) in [6.07, 6.45) is 0.890. The number of likely N-dealkylation sites (N-methyl/N-ethyl adjacent to an activating group) is 1. The number of aromatic hydroxyl groups is 1. The van der Waals surface area contributed by atoms with Gasteiger partial charge in [-0.3, -0.25) is 0 Å². The lowest BCUT2D eigenvalue weighted by Gasteiger charge is -2.24. The van der Waals surface area contributed by atoms with Gasteiger partial charge in [-0.2, -0.15) is 0 Å². The maximum atomic E-state index is 10.2. The number of phenols is 1. The number of phenolic OH excluding ortho intramolecular Hbond substituents is 1. The average Bonchev–Trinajstić information content (AvgIpc) is 2.66. The fourth-order valence-electron chi connectivity index (χ4n) is 3.23. The van der Waals surface area contributed by atoms with Crippen LogP contribution in [0.25, 0.3) is 0 Å². The van der Waals surface area contributed by atoms with Crippen LogP contribution in [-0.4, -0.2) is 37.3 Å². The Kier molecular flexibility index (Phi) is 4.72. The molecule has 23 heavy (non-hydrogen) atoms. The molecule has 1 atom stereocenters. The summed E-state index contributed by atoms with van der Waals surface area (Å²) in [5.74, 6) is 0.650. The van der Waals surface area contributed by atoms with E-state index in [0.717, 1.165) is 36.2 Å². The van der Waals surface area contributed by atoms with Crippen LogP contribution in [0.15, 0.2) is 30.3 Å². The second-order valence-corrected chi connectivity index (χ2v) is 6.74. The van der Waals surface area contributed by atoms with E-state index < -0.39 is 0 Å². The van der Waals surface area contributed by atoms with E-state index in [-0.39, 0.29) is 11.7 Å². The summed E-state index contributed by atoms with van der Waals surface area (Å²) in [6.45, 7) is 1.72. The number of rotatable bonds is 2. The van der Waals surface area contributed by atoms with Gasteiger partial charge in [-0.25, -0.2) is 0 Å². The Hall–Kier alpha value is -1.42. The molecule has 5 heteroatoms. The van der Waals surface area contributed by atoms with E-state index in [0.29, 0.717) is 15.8 Å². The Morgan fingerprint density at radius 1 is 1.22 bits per heavy atom. The van der Waals surface area contributed by atoms with E-state index in [1.807, 2.05) is 24.3 Å². The number of benzene rings is 2. The van der Waals surface area contributed by atoms with Gasteiger partial charge in [-0.1, -0.05) is 29.3 Å². The van der Waals surface area contributed by atoms with Gasteiger partial charge >= 0.3 is 0 Å². The van der Waals surface area contributed by atoms with E-state index in [2.05, 4.69) is 11.9 Å². The number of halogens is 2. The molecule has 0 amide bonds. The average molecular weight is 352 g/mol. The highest BCUT2D eigenvalue weighted by molar-refractivity contribution is 6.36. The summed E-state index contributed by atoms with van der Waals surface area (Å²) in [4.78, 5) is 2.26. The third-order valence-electron chi connectivity index (χ3n) is 4.42. The molecule has 2 aromatic rings. The minimum atomic E-state index is 0.00973. The molecule has 0 bridgehead atoms. The van der Waals surface area contributed by atoms with Gasteiger partial charge in [-0.05, 0) is 54.4 Å². The molecule has 0 fully saturated rings. The monoisotopic (exact) mass is 351 g/mol. The van der Waals surface area contributed by atoms with Crippen molar-refractivity contribution in [3.63, 3.8) is 0 Å². The molecule has 1 unspecified atom stereocenters. The van der Waals surface area contributed by atoms with Crippen molar-refractivity contribution >= 4 is 23.2 Å². The topological polar surface area (TPSA) is 32.7 Å². The largest absolute Gasteiger partial charge is 0.504 e. The lowest BCUT2D eigenvalue weighted by molar-refractivity contribution is 0.338. The highest BCUT2D eigenvalue weighted by Crippen LogP contribution is 2.42. The highest BCUT2D eigenvalue weighted by Gasteiger charge is 2.27. The highest BCUT2D eigenvalue weighted by atomic mass is 35.5. The maximum absolute atomic E-state index is 10.2. The molecule has 1 heterocycles. The van der Waals surface area contributed by atoms with Crippen LogP contribution in [-0.2, 0) is 6.42 Å². The quantitative estimate of drug-likeness (QED) is 0.873. The molecule has 2 aromatic carbocycles. The van der Waals surface area contributed by atoms with E-state index in [1.54, 1.807) is 13.2 Å². The standard InChI is InChI=1S/C18H19Cl2NO2/c1-21-7-6-11-8-17(23-2)16(22)9-12(11)13(10-21)18-14(19)4-3-5-15(18)20/h3-5,8-9,13,22H,6-7,10H2,1-2H3. The number of ether oxygens (including phenoxy) is 1. The van der Waals surface area contributed by atoms with Gasteiger partial charge in [0, 0.05) is 29.1 Å². The zero-order chi connectivity index (χ0) is 16.6. The van der Waals surface area contributed by atoms with Gasteiger partial charge in [0.1, 0.15) is 0 Å². The van der Waals surface area contributed by atoms with Gasteiger partial charge in [0.05, 0.1) is 7.11 Å². The molecule has 0 saturated heterocycles. The number of fused-ring (bicyclic) bond motifs is 1. The zero-order valence-electron chi connectivity index (χ0n) is 13.1. The summed E-state index contributed by atoms with van der Waals surface area (Å²) < 4.78 is 5.25. The number of hydrogen-bond acceptors (Lipinski definition) is 3. The van der Waals surface area contributed by atoms with Crippen LogP contribution in [0.2, 0.25) is 10.0 Å². The number of hydrogen-bond donors (Lipinski definition) is 1. The second-order valence-electron chi connectivity index (χ2n) is 5.92. The van der Waals surface area contributed by atoms with Crippen molar-refractivity contribution in [3.05, 3.63) is 57.1 Å². The molecule has 3 nitrogen and oxygen atoms in total. The molecule has 3 rings (SSSR count). The molecule has 122 valence electrons. The third kappa shape index (κ3) is 3.14. The summed E-state index contributed by atoms with van der Waals surface area (Å²) in [5, 5.41) is 11.5. The lowest BCUT2D eigenvalue weighted by atomic mass is 9.87. The first-order valence-corrected chi connectivity index (χ1v) is 8.29. The molecule has 0 aromatic heterocycles. The first-order valence-electron chi connectivity index (χ1n) is 7.53. The van der Waals surface area contributed by atoms with Crippen molar-refractivity contribution in [3.8, 4) is 11.5 Å². The number of nitrogens with zero attached hydrogens (tertiary/aromatic N) is 1. The fourth-order valence-corrected chi connectivity index (χ4v) is 3.89. The Bertz CT molecular complexity index is 713. The minimum absolute atomic E-state index is 0.00973. The van der Waals surface area contributed by atoms with Gasteiger partial charge < -0.3 is 14.7 Å². The fraction of sp³-hybridized carbons (Fsp3) is 0.333. The Balaban J connectivity index is 2.19. The van der Waals surface area contributed by atoms with Crippen LogP contribution in [0.1, 0.15) is 22.6 Å². The predicted molar refractivity (Wildman–Crippen MR) is 94.2 cm³/mol. The molecule has 0 radical (unpaired) electrons. The van der Waals surface area contributed by atoms with Crippen molar-refractivity contribution in [1.82, 2.24) is 4.90 Å². The SMILES string of the molecule is COc1cc2c(cc1O)C(c1c(Cl)cccc1Cl)CN(C)CC2. The Labute approximate surface area is 146 Å². The molecule has 1 aliphatic rings. The molecule has 0 spiro atoms. The maximum Gasteiger partial charge on any atom is 0.160 e. The van der Waals surface area contributed by atoms with E-state index in [1.165, 1.54) is 0 Å². The molecular formula is C18H19Cl2NO2. The first-order chi connectivity index (χ1) is 11.0. The summed E-state index contributed by atoms with van der Waals surface area (Å²) in [5.41, 5.74) is 3.13. The van der Waals surface area contributed by atoms with Gasteiger partial charge in [0.15, 0.2) is 11.5 Å². The third-order valence-corrected chi connectivity index (χ3v) is 5.08. The second kappa shape index (κ2) is 6.60. The van der Waals surface area contributed by atoms with Crippen molar-refractivity contribution in [2.24, 2.45) is 0 Å². The molecule has 1 N–H and O–H groups in total. The molecule has 0 saturated carbocycles. The van der Waals surface area contributed by atoms with Crippen molar-refractivity contribution in [2.45, 2.75) is 12.3 Å². The van der Waals surface area contributed by atoms with Crippen LogP contribution < -0.4 is 4.74 Å². The van der Waals surface area contributed by atoms with Crippen molar-refractivity contribution in [2.75, 3.05) is 27.2 Å². The van der Waals surface area contributed by atoms with Crippen molar-refractivity contribution in [1.29, 1.82) is 0 Å². The molecule has 1 aliphatic heterocycles. The minimum Gasteiger partial charge on any atom is -0.504 e. The first kappa shape index (κ1) is 16.4. The predicted octanol–water partition coefficient (Wildman–Crippen LogP) is 4.33. The van der Waals surface area contributed by atoms with Crippen LogP contribution >= 0.6 is 23.2 Å². The Morgan fingerprint density at radius 2 is 1.91 bits per heavy atom. The van der Waals surface area contributed by atoms with Crippen LogP contribution in [0.4, 0.5) is 0 Å². The Morgan fingerprint density at radius 3 is 2.57 bits per heavy atom. The van der Waals surface area contributed by atoms with E-state index in [9.17, 15) is 5.11 Å². The summed E-state index contributed by atoms with van der Waals surface area (Å²) >= 11 is 12.9. The summed E-state index contributed by atoms with van der Waals surface area (Å²) in [6, 6.07) is 9.27. The lowest BCUT2D eigenvalue weighted by Crippen LogP contribution is -2.24. The van der Waals surface area contributed by atoms with Crippen LogP contribution in [0, 0.1) is 0 Å². The summed E-state index contributed by atoms with van der Waals surface area (Å²) in [7, 11) is 3.65. The smallest absolute Gasteiger partial charge is 0.160 e. The van der Waals surface area contributed by atoms with E-state index in [4.69, 9.17) is 27.9 Å². The number of methoxy groups -OCH3 is 1. The molecular weight excluding hydrogens is 333 g/mol.